The molecule has 1 radical (unpaired) electrons. The second-order valence-corrected chi connectivity index (χ2v) is 1.30. The van der Waals surface area contributed by atoms with Crippen LogP contribution in [0.15, 0.2) is 0 Å². The van der Waals surface area contributed by atoms with Crippen LogP contribution in [0.4, 0.5) is 0 Å². The van der Waals surface area contributed by atoms with Crippen LogP contribution in [0.5, 0.6) is 0 Å². The van der Waals surface area contributed by atoms with Crippen molar-refractivity contribution in [3.8, 4) is 0 Å². The van der Waals surface area contributed by atoms with E-state index in [0.29, 0.717) is 0 Å². The van der Waals surface area contributed by atoms with Gasteiger partial charge in [-0.3, -0.25) is 0 Å². The average Bonchev–Trinajstić information content (AvgIpc) is 1.37. The molecule has 5 heavy (non-hydrogen) atoms. The van der Waals surface area contributed by atoms with E-state index in [1.165, 1.54) is 0 Å². The van der Waals surface area contributed by atoms with E-state index in [-0.39, 0.29) is 18.9 Å². The summed E-state index contributed by atoms with van der Waals surface area (Å²) in [6.45, 7) is 1.96. The largest absolute Gasteiger partial charge is 0.307 e. The van der Waals surface area contributed by atoms with Gasteiger partial charge in [0.25, 0.3) is 0 Å². The molecule has 0 amide bonds. The van der Waals surface area contributed by atoms with Crippen molar-refractivity contribution in [1.82, 2.24) is 0 Å². The minimum atomic E-state index is 0. The fraction of sp³-hybridized carbons (Fsp3) is 1.00. The molecular weight excluding hydrogens is 77.0 g/mol. The van der Waals surface area contributed by atoms with Gasteiger partial charge >= 0.3 is 11.6 Å². The number of hydrogen-bond acceptors (Lipinski definition) is 1. The summed E-state index contributed by atoms with van der Waals surface area (Å²) in [5, 5.41) is 0. The second kappa shape index (κ2) is 8.82. The Balaban J connectivity index is 0. The van der Waals surface area contributed by atoms with Gasteiger partial charge < -0.3 is 0 Å². The smallest absolute Gasteiger partial charge is 0.0407 e. The third-order valence-corrected chi connectivity index (χ3v) is 0.433. The first-order valence-electron chi connectivity index (χ1n) is 1.20. The molecule has 1 nitrogen and oxygen atoms in total. The number of hydrogen-bond donors (Lipinski definition) is 1. The predicted octanol–water partition coefficient (Wildman–Crippen LogP) is 0.470. The molecule has 0 fully saturated rings. The summed E-state index contributed by atoms with van der Waals surface area (Å²) in [5.41, 5.74) is 0. The van der Waals surface area contributed by atoms with Crippen LogP contribution in [0, 0.1) is 4.78 Å². The molecule has 25 valence electrons. The fourth-order valence-corrected chi connectivity index (χ4v) is 0. The molecule has 1 N–H and O–H groups in total. The van der Waals surface area contributed by atoms with E-state index >= 15 is 0 Å². The maximum absolute atomic E-state index is 6.37. The topological polar surface area (TPSA) is 23.9 Å². The van der Waals surface area contributed by atoms with Gasteiger partial charge in [-0.15, -0.1) is 0 Å². The summed E-state index contributed by atoms with van der Waals surface area (Å²) in [6.07, 6.45) is 0. The molecule has 0 unspecified atom stereocenters. The maximum Gasteiger partial charge on any atom is 0.307 e. The van der Waals surface area contributed by atoms with Gasteiger partial charge in [-0.2, -0.15) is 0 Å². The van der Waals surface area contributed by atoms with Crippen LogP contribution in [0.2, 0.25) is 0 Å². The molecule has 0 aromatic carbocycles. The van der Waals surface area contributed by atoms with Crippen LogP contribution in [-0.2, 0) is 11.6 Å². The van der Waals surface area contributed by atoms with Crippen LogP contribution < -0.4 is 0 Å². The maximum atomic E-state index is 6.37. The quantitative estimate of drug-likeness (QED) is 0.352. The first-order chi connectivity index (χ1) is 1.91. The Hall–Kier alpha value is 0.617. The molecule has 0 saturated heterocycles. The Morgan fingerprint density at radius 1 is 1.80 bits per heavy atom. The molecular formula is C2H6LiNS+. The predicted molar refractivity (Wildman–Crippen MR) is 26.4 cm³/mol. The second-order valence-electron chi connectivity index (χ2n) is 0.433. The van der Waals surface area contributed by atoms with Gasteiger partial charge in [-0.25, -0.2) is 0 Å². The summed E-state index contributed by atoms with van der Waals surface area (Å²) < 4.78 is 6.37. The normalized spacial score (nSPS) is 5.00. The van der Waals surface area contributed by atoms with Gasteiger partial charge in [-0.05, 0) is 11.7 Å². The van der Waals surface area contributed by atoms with Crippen LogP contribution in [-0.4, -0.2) is 24.6 Å². The van der Waals surface area contributed by atoms with Gasteiger partial charge in [-0.1, -0.05) is 0 Å². The molecule has 0 aromatic heterocycles. The molecule has 0 aliphatic rings. The van der Waals surface area contributed by atoms with Gasteiger partial charge in [0, 0.05) is 18.9 Å². The van der Waals surface area contributed by atoms with E-state index in [1.807, 2.05) is 6.92 Å². The van der Waals surface area contributed by atoms with E-state index in [0.717, 1.165) is 17.3 Å². The van der Waals surface area contributed by atoms with Gasteiger partial charge in [0.15, 0.2) is 0 Å². The SMILES string of the molecule is CC[S+]=N.[Li]. The average molecular weight is 83.1 g/mol. The fourth-order valence-electron chi connectivity index (χ4n) is 0. The Morgan fingerprint density at radius 3 is 2.00 bits per heavy atom. The first kappa shape index (κ1) is 9.15. The molecule has 3 heteroatoms. The van der Waals surface area contributed by atoms with Crippen LogP contribution in [0.25, 0.3) is 0 Å². The van der Waals surface area contributed by atoms with E-state index in [1.54, 1.807) is 0 Å². The third-order valence-electron chi connectivity index (χ3n) is 0.144. The number of rotatable bonds is 1. The van der Waals surface area contributed by atoms with Crippen molar-refractivity contribution in [2.45, 2.75) is 6.92 Å². The molecule has 0 saturated carbocycles. The monoisotopic (exact) mass is 83.0 g/mol. The minimum absolute atomic E-state index is 0. The van der Waals surface area contributed by atoms with E-state index < -0.39 is 0 Å². The molecule has 0 rings (SSSR count). The summed E-state index contributed by atoms with van der Waals surface area (Å²) in [4.78, 5) is 0. The molecule has 0 aromatic rings. The van der Waals surface area contributed by atoms with Crippen molar-refractivity contribution in [1.29, 1.82) is 4.78 Å². The van der Waals surface area contributed by atoms with Gasteiger partial charge in [0.2, 0.25) is 5.75 Å². The van der Waals surface area contributed by atoms with Crippen LogP contribution in [0.3, 0.4) is 0 Å². The zero-order valence-electron chi connectivity index (χ0n) is 3.62. The minimum Gasteiger partial charge on any atom is -0.0407 e. The molecule has 0 aliphatic carbocycles. The molecule has 0 aliphatic heterocycles. The third kappa shape index (κ3) is 12.1. The summed E-state index contributed by atoms with van der Waals surface area (Å²) in [5.74, 6) is 0.903. The molecule has 0 atom stereocenters. The van der Waals surface area contributed by atoms with Gasteiger partial charge in [0.05, 0.1) is 0 Å². The van der Waals surface area contributed by atoms with Crippen molar-refractivity contribution < 1.29 is 0 Å². The summed E-state index contributed by atoms with van der Waals surface area (Å²) >= 11 is 1.11. The van der Waals surface area contributed by atoms with Crippen molar-refractivity contribution in [2.24, 2.45) is 0 Å². The summed E-state index contributed by atoms with van der Waals surface area (Å²) in [6, 6.07) is 0. The zero-order chi connectivity index (χ0) is 3.41. The number of nitrogens with one attached hydrogen (secondary N) is 1. The van der Waals surface area contributed by atoms with E-state index in [9.17, 15) is 0 Å². The van der Waals surface area contributed by atoms with Crippen molar-refractivity contribution in [2.75, 3.05) is 5.75 Å². The van der Waals surface area contributed by atoms with Crippen molar-refractivity contribution in [3.05, 3.63) is 0 Å². The summed E-state index contributed by atoms with van der Waals surface area (Å²) in [7, 11) is 0. The van der Waals surface area contributed by atoms with Crippen molar-refractivity contribution in [3.63, 3.8) is 0 Å². The Morgan fingerprint density at radius 2 is 2.00 bits per heavy atom. The van der Waals surface area contributed by atoms with Gasteiger partial charge in [0.1, 0.15) is 0 Å². The van der Waals surface area contributed by atoms with Crippen LogP contribution >= 0.6 is 0 Å². The Labute approximate surface area is 48.3 Å². The van der Waals surface area contributed by atoms with Crippen LogP contribution in [0.1, 0.15) is 6.92 Å². The molecule has 0 heterocycles. The Bertz CT molecular complexity index is 23.6. The zero-order valence-corrected chi connectivity index (χ0v) is 4.43. The molecule has 0 bridgehead atoms. The Kier molecular flexibility index (Phi) is 16.1. The van der Waals surface area contributed by atoms with E-state index in [2.05, 4.69) is 0 Å². The van der Waals surface area contributed by atoms with E-state index in [4.69, 9.17) is 4.78 Å². The molecule has 0 spiro atoms. The standard InChI is InChI=1S/C2H6NS.Li/c1-2-4-3;/h3H,2H2,1H3;/q+1;. The first-order valence-corrected chi connectivity index (χ1v) is 2.19. The van der Waals surface area contributed by atoms with Crippen molar-refractivity contribution >= 4 is 30.4 Å².